The second-order valence-electron chi connectivity index (χ2n) is 5.62. The smallest absolute Gasteiger partial charge is 0.285 e. The van der Waals surface area contributed by atoms with E-state index in [4.69, 9.17) is 32.7 Å². The minimum Gasteiger partial charge on any atom is -0.493 e. The first-order valence-corrected chi connectivity index (χ1v) is 8.90. The van der Waals surface area contributed by atoms with Gasteiger partial charge in [-0.1, -0.05) is 35.3 Å². The number of methoxy groups -OCH3 is 1. The van der Waals surface area contributed by atoms with Crippen molar-refractivity contribution in [1.29, 1.82) is 0 Å². The van der Waals surface area contributed by atoms with Crippen molar-refractivity contribution in [2.45, 2.75) is 6.61 Å². The molecule has 0 radical (unpaired) electrons. The van der Waals surface area contributed by atoms with Crippen LogP contribution in [0.3, 0.4) is 0 Å². The molecule has 0 amide bonds. The molecule has 2 N–H and O–H groups in total. The largest absolute Gasteiger partial charge is 0.493 e. The van der Waals surface area contributed by atoms with Crippen LogP contribution in [0.15, 0.2) is 58.6 Å². The number of nitrogens with one attached hydrogen (secondary N) is 2. The lowest BCUT2D eigenvalue weighted by atomic mass is 10.2. The Hall–Kier alpha value is -3.03. The molecule has 0 atom stereocenters. The minimum atomic E-state index is -0.495. The number of benzene rings is 2. The summed E-state index contributed by atoms with van der Waals surface area (Å²) >= 11 is 11.8. The number of aromatic nitrogens is 2. The van der Waals surface area contributed by atoms with Gasteiger partial charge < -0.3 is 9.47 Å². The van der Waals surface area contributed by atoms with E-state index in [9.17, 15) is 4.79 Å². The lowest BCUT2D eigenvalue weighted by molar-refractivity contribution is 0.284. The van der Waals surface area contributed by atoms with Gasteiger partial charge in [0.05, 0.1) is 19.5 Å². The highest BCUT2D eigenvalue weighted by Crippen LogP contribution is 2.28. The summed E-state index contributed by atoms with van der Waals surface area (Å²) in [5.74, 6) is 1.16. The SMILES string of the molecule is COc1cc(/C=N/Nc2cn[nH]c(=O)c2Cl)ccc1OCc1ccc(Cl)cc1. The van der Waals surface area contributed by atoms with Gasteiger partial charge in [-0.05, 0) is 41.5 Å². The molecule has 2 aromatic carbocycles. The zero-order valence-electron chi connectivity index (χ0n) is 14.8. The highest BCUT2D eigenvalue weighted by Gasteiger charge is 2.06. The number of ether oxygens (including phenoxy) is 2. The minimum absolute atomic E-state index is 0.0179. The van der Waals surface area contributed by atoms with Gasteiger partial charge in [0.1, 0.15) is 17.3 Å². The van der Waals surface area contributed by atoms with Crippen LogP contribution in [0.2, 0.25) is 10.0 Å². The van der Waals surface area contributed by atoms with Gasteiger partial charge in [0.25, 0.3) is 5.56 Å². The van der Waals surface area contributed by atoms with Gasteiger partial charge in [0.2, 0.25) is 0 Å². The van der Waals surface area contributed by atoms with Crippen molar-refractivity contribution in [3.8, 4) is 11.5 Å². The number of hydrazone groups is 1. The average molecular weight is 419 g/mol. The number of hydrogen-bond acceptors (Lipinski definition) is 6. The summed E-state index contributed by atoms with van der Waals surface area (Å²) in [7, 11) is 1.56. The van der Waals surface area contributed by atoms with Gasteiger partial charge in [0.15, 0.2) is 11.5 Å². The Kier molecular flexibility index (Phi) is 6.52. The highest BCUT2D eigenvalue weighted by atomic mass is 35.5. The van der Waals surface area contributed by atoms with E-state index in [1.54, 1.807) is 25.5 Å². The van der Waals surface area contributed by atoms with E-state index in [2.05, 4.69) is 20.7 Å². The molecule has 0 saturated heterocycles. The van der Waals surface area contributed by atoms with Crippen molar-refractivity contribution in [2.24, 2.45) is 5.10 Å². The molecule has 0 fully saturated rings. The number of rotatable bonds is 7. The molecule has 0 bridgehead atoms. The fourth-order valence-electron chi connectivity index (χ4n) is 2.26. The number of hydrogen-bond donors (Lipinski definition) is 2. The van der Waals surface area contributed by atoms with Crippen LogP contribution >= 0.6 is 23.2 Å². The third kappa shape index (κ3) is 5.03. The summed E-state index contributed by atoms with van der Waals surface area (Å²) in [6.07, 6.45) is 2.93. The van der Waals surface area contributed by atoms with E-state index in [-0.39, 0.29) is 5.02 Å². The van der Waals surface area contributed by atoms with Crippen molar-refractivity contribution >= 4 is 35.1 Å². The molecular weight excluding hydrogens is 403 g/mol. The molecule has 0 unspecified atom stereocenters. The van der Waals surface area contributed by atoms with Crippen LogP contribution in [0.5, 0.6) is 11.5 Å². The maximum absolute atomic E-state index is 11.4. The first kappa shape index (κ1) is 19.7. The molecule has 28 heavy (non-hydrogen) atoms. The first-order valence-electron chi connectivity index (χ1n) is 8.14. The Labute approximate surface area is 170 Å². The lowest BCUT2D eigenvalue weighted by Gasteiger charge is -2.11. The average Bonchev–Trinajstić information content (AvgIpc) is 2.71. The number of H-pyrrole nitrogens is 1. The summed E-state index contributed by atoms with van der Waals surface area (Å²) in [4.78, 5) is 11.4. The van der Waals surface area contributed by atoms with Crippen LogP contribution in [-0.4, -0.2) is 23.5 Å². The Balaban J connectivity index is 1.67. The summed E-state index contributed by atoms with van der Waals surface area (Å²) in [6.45, 7) is 0.385. The summed E-state index contributed by atoms with van der Waals surface area (Å²) in [6, 6.07) is 12.8. The van der Waals surface area contributed by atoms with Crippen molar-refractivity contribution in [2.75, 3.05) is 12.5 Å². The molecule has 1 heterocycles. The molecule has 0 saturated carbocycles. The fourth-order valence-corrected chi connectivity index (χ4v) is 2.52. The Morgan fingerprint density at radius 2 is 1.96 bits per heavy atom. The summed E-state index contributed by atoms with van der Waals surface area (Å²) < 4.78 is 11.2. The number of anilines is 1. The Morgan fingerprint density at radius 1 is 1.18 bits per heavy atom. The molecule has 144 valence electrons. The highest BCUT2D eigenvalue weighted by molar-refractivity contribution is 6.32. The Morgan fingerprint density at radius 3 is 2.71 bits per heavy atom. The van der Waals surface area contributed by atoms with E-state index in [0.717, 1.165) is 11.1 Å². The van der Waals surface area contributed by atoms with Gasteiger partial charge in [0, 0.05) is 5.02 Å². The molecule has 0 spiro atoms. The zero-order valence-corrected chi connectivity index (χ0v) is 16.3. The first-order chi connectivity index (χ1) is 13.6. The van der Waals surface area contributed by atoms with E-state index < -0.39 is 5.56 Å². The monoisotopic (exact) mass is 418 g/mol. The third-order valence-electron chi connectivity index (χ3n) is 3.69. The van der Waals surface area contributed by atoms with Gasteiger partial charge in [-0.3, -0.25) is 10.2 Å². The zero-order chi connectivity index (χ0) is 19.9. The fraction of sp³-hybridized carbons (Fsp3) is 0.105. The predicted octanol–water partition coefficient (Wildman–Crippen LogP) is 4.11. The summed E-state index contributed by atoms with van der Waals surface area (Å²) in [5.41, 5.74) is 4.24. The molecule has 0 aliphatic carbocycles. The molecule has 7 nitrogen and oxygen atoms in total. The molecule has 0 aliphatic rings. The normalized spacial score (nSPS) is 10.8. The second kappa shape index (κ2) is 9.25. The molecule has 3 rings (SSSR count). The van der Waals surface area contributed by atoms with Crippen LogP contribution < -0.4 is 20.5 Å². The van der Waals surface area contributed by atoms with Gasteiger partial charge in [-0.25, -0.2) is 5.10 Å². The van der Waals surface area contributed by atoms with Crippen LogP contribution in [0.1, 0.15) is 11.1 Å². The molecule has 9 heteroatoms. The van der Waals surface area contributed by atoms with Gasteiger partial charge in [-0.2, -0.15) is 10.2 Å². The van der Waals surface area contributed by atoms with E-state index in [0.29, 0.717) is 28.8 Å². The van der Waals surface area contributed by atoms with Crippen LogP contribution in [0.4, 0.5) is 5.69 Å². The molecule has 3 aromatic rings. The number of halogens is 2. The van der Waals surface area contributed by atoms with Gasteiger partial charge >= 0.3 is 0 Å². The number of aromatic amines is 1. The Bertz CT molecular complexity index is 1040. The third-order valence-corrected chi connectivity index (χ3v) is 4.32. The molecular formula is C19H16Cl2N4O3. The van der Waals surface area contributed by atoms with E-state index in [1.165, 1.54) is 6.20 Å². The summed E-state index contributed by atoms with van der Waals surface area (Å²) in [5, 5.41) is 10.6. The standard InChI is InChI=1S/C19H16Cl2N4O3/c1-27-17-8-13(9-22-24-15-10-23-25-19(26)18(15)21)4-7-16(17)28-11-12-2-5-14(20)6-3-12/h2-10H,11H2,1H3,(H2,24,25,26)/b22-9+. The maximum atomic E-state index is 11.4. The topological polar surface area (TPSA) is 88.6 Å². The van der Waals surface area contributed by atoms with Crippen LogP contribution in [0, 0.1) is 0 Å². The maximum Gasteiger partial charge on any atom is 0.285 e. The van der Waals surface area contributed by atoms with E-state index >= 15 is 0 Å². The van der Waals surface area contributed by atoms with Crippen molar-refractivity contribution in [3.05, 3.63) is 80.2 Å². The van der Waals surface area contributed by atoms with Crippen molar-refractivity contribution in [1.82, 2.24) is 10.2 Å². The molecule has 0 aliphatic heterocycles. The van der Waals surface area contributed by atoms with Crippen LogP contribution in [0.25, 0.3) is 0 Å². The van der Waals surface area contributed by atoms with Crippen molar-refractivity contribution < 1.29 is 9.47 Å². The van der Waals surface area contributed by atoms with Crippen LogP contribution in [-0.2, 0) is 6.61 Å². The van der Waals surface area contributed by atoms with E-state index in [1.807, 2.05) is 30.3 Å². The predicted molar refractivity (Wildman–Crippen MR) is 110 cm³/mol. The lowest BCUT2D eigenvalue weighted by Crippen LogP contribution is -2.10. The number of nitrogens with zero attached hydrogens (tertiary/aromatic N) is 2. The quantitative estimate of drug-likeness (QED) is 0.445. The molecule has 1 aromatic heterocycles. The van der Waals surface area contributed by atoms with Crippen molar-refractivity contribution in [3.63, 3.8) is 0 Å². The second-order valence-corrected chi connectivity index (χ2v) is 6.44. The van der Waals surface area contributed by atoms with Gasteiger partial charge in [-0.15, -0.1) is 0 Å².